The highest BCUT2D eigenvalue weighted by atomic mass is 16.1. The predicted octanol–water partition coefficient (Wildman–Crippen LogP) is 2.82. The number of nitrogens with one attached hydrogen (secondary N) is 1. The first-order chi connectivity index (χ1) is 8.20. The smallest absolute Gasteiger partial charge is 0.271 e. The van der Waals surface area contributed by atoms with Crippen molar-refractivity contribution in [2.45, 2.75) is 33.1 Å². The molecule has 0 aliphatic carbocycles. The zero-order chi connectivity index (χ0) is 12.3. The molecule has 0 unspecified atom stereocenters. The van der Waals surface area contributed by atoms with Gasteiger partial charge in [0, 0.05) is 11.8 Å². The fourth-order valence-electron chi connectivity index (χ4n) is 1.94. The van der Waals surface area contributed by atoms with E-state index in [1.807, 2.05) is 19.1 Å². The second-order valence-electron chi connectivity index (χ2n) is 4.39. The quantitative estimate of drug-likeness (QED) is 0.861. The number of benzene rings is 1. The van der Waals surface area contributed by atoms with Crippen molar-refractivity contribution in [2.24, 2.45) is 0 Å². The van der Waals surface area contributed by atoms with E-state index in [-0.39, 0.29) is 5.56 Å². The molecule has 0 radical (unpaired) electrons. The lowest BCUT2D eigenvalue weighted by molar-refractivity contribution is 0.789. The molecule has 0 bridgehead atoms. The minimum atomic E-state index is -0.00450. The van der Waals surface area contributed by atoms with Crippen LogP contribution in [-0.2, 0) is 6.42 Å². The lowest BCUT2D eigenvalue weighted by Gasteiger charge is -2.05. The Hall–Kier alpha value is -1.77. The van der Waals surface area contributed by atoms with Crippen molar-refractivity contribution in [3.05, 3.63) is 51.9 Å². The van der Waals surface area contributed by atoms with Crippen LogP contribution in [0.5, 0.6) is 0 Å². The lowest BCUT2D eigenvalue weighted by Crippen LogP contribution is -2.13. The van der Waals surface area contributed by atoms with Crippen LogP contribution in [0.15, 0.2) is 35.1 Å². The Bertz CT molecular complexity index is 551. The first kappa shape index (κ1) is 11.7. The molecule has 2 rings (SSSR count). The molecule has 0 fully saturated rings. The average molecular weight is 230 g/mol. The van der Waals surface area contributed by atoms with Gasteiger partial charge in [0.15, 0.2) is 0 Å². The van der Waals surface area contributed by atoms with E-state index in [9.17, 15) is 4.79 Å². The second-order valence-corrected chi connectivity index (χ2v) is 4.39. The van der Waals surface area contributed by atoms with Crippen molar-refractivity contribution >= 4 is 0 Å². The summed E-state index contributed by atoms with van der Waals surface area (Å²) >= 11 is 0. The summed E-state index contributed by atoms with van der Waals surface area (Å²) in [5.74, 6) is 0. The number of unbranched alkanes of at least 4 members (excludes halogenated alkanes) is 1. The molecule has 90 valence electrons. The lowest BCUT2D eigenvalue weighted by atomic mass is 10.1. The van der Waals surface area contributed by atoms with Crippen LogP contribution in [0.1, 0.15) is 31.0 Å². The van der Waals surface area contributed by atoms with E-state index in [1.54, 1.807) is 10.7 Å². The Morgan fingerprint density at radius 1 is 1.29 bits per heavy atom. The topological polar surface area (TPSA) is 37.8 Å². The molecule has 0 saturated carbocycles. The molecule has 1 heterocycles. The van der Waals surface area contributed by atoms with Crippen molar-refractivity contribution in [3.63, 3.8) is 0 Å². The SMILES string of the molecule is CCCCc1cccc(-n2[nH]c(C)cc2=O)c1. The van der Waals surface area contributed by atoms with Crippen molar-refractivity contribution < 1.29 is 0 Å². The zero-order valence-electron chi connectivity index (χ0n) is 10.4. The number of hydrogen-bond donors (Lipinski definition) is 1. The number of aryl methyl sites for hydroxylation is 2. The van der Waals surface area contributed by atoms with Crippen LogP contribution < -0.4 is 5.56 Å². The zero-order valence-corrected chi connectivity index (χ0v) is 10.4. The molecular formula is C14H18N2O. The number of H-pyrrole nitrogens is 1. The molecule has 1 aromatic heterocycles. The number of rotatable bonds is 4. The number of aromatic amines is 1. The molecule has 17 heavy (non-hydrogen) atoms. The van der Waals surface area contributed by atoms with Gasteiger partial charge in [0.2, 0.25) is 0 Å². The summed E-state index contributed by atoms with van der Waals surface area (Å²) in [4.78, 5) is 11.7. The van der Waals surface area contributed by atoms with E-state index in [2.05, 4.69) is 24.2 Å². The third-order valence-electron chi connectivity index (χ3n) is 2.84. The summed E-state index contributed by atoms with van der Waals surface area (Å²) < 4.78 is 1.59. The number of hydrogen-bond acceptors (Lipinski definition) is 1. The fraction of sp³-hybridized carbons (Fsp3) is 0.357. The average Bonchev–Trinajstić information content (AvgIpc) is 2.66. The minimum Gasteiger partial charge on any atom is -0.295 e. The van der Waals surface area contributed by atoms with Crippen LogP contribution in [0.4, 0.5) is 0 Å². The molecule has 0 saturated heterocycles. The maximum atomic E-state index is 11.7. The highest BCUT2D eigenvalue weighted by molar-refractivity contribution is 5.35. The second kappa shape index (κ2) is 5.04. The van der Waals surface area contributed by atoms with Gasteiger partial charge in [-0.25, -0.2) is 4.68 Å². The third kappa shape index (κ3) is 2.67. The Morgan fingerprint density at radius 2 is 2.12 bits per heavy atom. The summed E-state index contributed by atoms with van der Waals surface area (Å²) in [6.07, 6.45) is 3.44. The normalized spacial score (nSPS) is 10.7. The van der Waals surface area contributed by atoms with Crippen molar-refractivity contribution in [2.75, 3.05) is 0 Å². The maximum Gasteiger partial charge on any atom is 0.271 e. The maximum absolute atomic E-state index is 11.7. The highest BCUT2D eigenvalue weighted by Crippen LogP contribution is 2.11. The first-order valence-electron chi connectivity index (χ1n) is 6.08. The van der Waals surface area contributed by atoms with Gasteiger partial charge in [0.25, 0.3) is 5.56 Å². The van der Waals surface area contributed by atoms with Gasteiger partial charge in [-0.1, -0.05) is 25.5 Å². The van der Waals surface area contributed by atoms with Gasteiger partial charge in [-0.15, -0.1) is 0 Å². The molecule has 3 nitrogen and oxygen atoms in total. The van der Waals surface area contributed by atoms with Gasteiger partial charge in [-0.2, -0.15) is 0 Å². The minimum absolute atomic E-state index is 0.00450. The standard InChI is InChI=1S/C14H18N2O/c1-3-4-6-12-7-5-8-13(10-12)16-14(17)9-11(2)15-16/h5,7-10,15H,3-4,6H2,1-2H3. The van der Waals surface area contributed by atoms with Gasteiger partial charge in [0.05, 0.1) is 5.69 Å². The molecule has 0 spiro atoms. The summed E-state index contributed by atoms with van der Waals surface area (Å²) in [6.45, 7) is 4.07. The Labute approximate surface area is 101 Å². The Kier molecular flexibility index (Phi) is 3.47. The molecule has 1 N–H and O–H groups in total. The number of aromatic nitrogens is 2. The van der Waals surface area contributed by atoms with Gasteiger partial charge in [-0.05, 0) is 37.5 Å². The van der Waals surface area contributed by atoms with Crippen LogP contribution >= 0.6 is 0 Å². The van der Waals surface area contributed by atoms with E-state index in [1.165, 1.54) is 18.4 Å². The van der Waals surface area contributed by atoms with Crippen molar-refractivity contribution in [3.8, 4) is 5.69 Å². The van der Waals surface area contributed by atoms with Gasteiger partial charge < -0.3 is 0 Å². The highest BCUT2D eigenvalue weighted by Gasteiger charge is 2.03. The van der Waals surface area contributed by atoms with Crippen LogP contribution in [-0.4, -0.2) is 9.78 Å². The van der Waals surface area contributed by atoms with Gasteiger partial charge >= 0.3 is 0 Å². The van der Waals surface area contributed by atoms with Crippen molar-refractivity contribution in [1.29, 1.82) is 0 Å². The summed E-state index contributed by atoms with van der Waals surface area (Å²) in [6, 6.07) is 9.75. The molecule has 2 aromatic rings. The van der Waals surface area contributed by atoms with Gasteiger partial charge in [0.1, 0.15) is 0 Å². The molecule has 3 heteroatoms. The summed E-state index contributed by atoms with van der Waals surface area (Å²) in [5, 5.41) is 3.05. The third-order valence-corrected chi connectivity index (χ3v) is 2.84. The molecule has 0 amide bonds. The van der Waals surface area contributed by atoms with Crippen LogP contribution in [0, 0.1) is 6.92 Å². The first-order valence-corrected chi connectivity index (χ1v) is 6.08. The monoisotopic (exact) mass is 230 g/mol. The molecule has 0 atom stereocenters. The molecule has 0 aliphatic rings. The molecule has 0 aliphatic heterocycles. The predicted molar refractivity (Wildman–Crippen MR) is 69.7 cm³/mol. The Balaban J connectivity index is 2.33. The van der Waals surface area contributed by atoms with Gasteiger partial charge in [-0.3, -0.25) is 9.89 Å². The summed E-state index contributed by atoms with van der Waals surface area (Å²) in [7, 11) is 0. The van der Waals surface area contributed by atoms with Crippen LogP contribution in [0.2, 0.25) is 0 Å². The number of nitrogens with zero attached hydrogens (tertiary/aromatic N) is 1. The Morgan fingerprint density at radius 3 is 2.76 bits per heavy atom. The summed E-state index contributed by atoms with van der Waals surface area (Å²) in [5.41, 5.74) is 3.07. The fourth-order valence-corrected chi connectivity index (χ4v) is 1.94. The van der Waals surface area contributed by atoms with E-state index in [0.717, 1.165) is 17.8 Å². The van der Waals surface area contributed by atoms with E-state index in [4.69, 9.17) is 0 Å². The van der Waals surface area contributed by atoms with Crippen molar-refractivity contribution in [1.82, 2.24) is 9.78 Å². The van der Waals surface area contributed by atoms with E-state index < -0.39 is 0 Å². The molecular weight excluding hydrogens is 212 g/mol. The largest absolute Gasteiger partial charge is 0.295 e. The van der Waals surface area contributed by atoms with E-state index in [0.29, 0.717) is 0 Å². The van der Waals surface area contributed by atoms with Crippen LogP contribution in [0.25, 0.3) is 5.69 Å². The molecule has 1 aromatic carbocycles. The van der Waals surface area contributed by atoms with Crippen LogP contribution in [0.3, 0.4) is 0 Å². The van der Waals surface area contributed by atoms with E-state index >= 15 is 0 Å².